The van der Waals surface area contributed by atoms with Gasteiger partial charge in [-0.1, -0.05) is 0 Å². The minimum absolute atomic E-state index is 0.0803. The number of rotatable bonds is 2. The maximum atomic E-state index is 12.2. The van der Waals surface area contributed by atoms with Gasteiger partial charge in [0.2, 0.25) is 5.91 Å². The molecule has 6 heteroatoms. The van der Waals surface area contributed by atoms with E-state index in [1.807, 2.05) is 18.4 Å². The highest BCUT2D eigenvalue weighted by molar-refractivity contribution is 6.19. The second-order valence-electron chi connectivity index (χ2n) is 4.68. The summed E-state index contributed by atoms with van der Waals surface area (Å²) in [6, 6.07) is 0. The van der Waals surface area contributed by atoms with E-state index in [9.17, 15) is 4.79 Å². The van der Waals surface area contributed by atoms with Gasteiger partial charge in [0.05, 0.1) is 12.0 Å². The largest absolute Gasteiger partial charge is 0.333 e. The predicted molar refractivity (Wildman–Crippen MR) is 59.9 cm³/mol. The zero-order valence-electron chi connectivity index (χ0n) is 9.48. The minimum Gasteiger partial charge on any atom is -0.333 e. The summed E-state index contributed by atoms with van der Waals surface area (Å²) in [6.07, 6.45) is 1.70. The molecule has 2 heterocycles. The number of hydrogen-bond acceptors (Lipinski definition) is 3. The minimum atomic E-state index is -0.510. The Morgan fingerprint density at radius 1 is 1.56 bits per heavy atom. The van der Waals surface area contributed by atoms with Crippen LogP contribution in [0.25, 0.3) is 0 Å². The van der Waals surface area contributed by atoms with Gasteiger partial charge in [0.15, 0.2) is 5.82 Å². The number of halogens is 1. The third-order valence-corrected chi connectivity index (χ3v) is 3.51. The van der Waals surface area contributed by atoms with E-state index in [1.165, 1.54) is 0 Å². The molecule has 1 aliphatic rings. The van der Waals surface area contributed by atoms with Crippen LogP contribution in [0.15, 0.2) is 6.33 Å². The monoisotopic (exact) mass is 242 g/mol. The molecule has 1 aliphatic heterocycles. The number of aromatic nitrogens is 3. The van der Waals surface area contributed by atoms with Crippen LogP contribution in [0.3, 0.4) is 0 Å². The van der Waals surface area contributed by atoms with Gasteiger partial charge in [-0.15, -0.1) is 21.8 Å². The van der Waals surface area contributed by atoms with Crippen LogP contribution in [0, 0.1) is 5.41 Å². The Morgan fingerprint density at radius 3 is 3.00 bits per heavy atom. The summed E-state index contributed by atoms with van der Waals surface area (Å²) in [6.45, 7) is 5.71. The van der Waals surface area contributed by atoms with Gasteiger partial charge in [-0.25, -0.2) is 0 Å². The molecule has 0 aliphatic carbocycles. The van der Waals surface area contributed by atoms with Crippen molar-refractivity contribution in [2.24, 2.45) is 5.41 Å². The number of fused-ring (bicyclic) bond motifs is 1. The van der Waals surface area contributed by atoms with E-state index in [-0.39, 0.29) is 5.91 Å². The summed E-state index contributed by atoms with van der Waals surface area (Å²) < 4.78 is 1.97. The first kappa shape index (κ1) is 11.4. The Labute approximate surface area is 99.4 Å². The summed E-state index contributed by atoms with van der Waals surface area (Å²) in [5.41, 5.74) is -0.510. The van der Waals surface area contributed by atoms with E-state index >= 15 is 0 Å². The molecule has 0 fully saturated rings. The molecule has 0 spiro atoms. The fraction of sp³-hybridized carbons (Fsp3) is 0.700. The van der Waals surface area contributed by atoms with Gasteiger partial charge in [-0.2, -0.15) is 0 Å². The van der Waals surface area contributed by atoms with Crippen LogP contribution in [0.5, 0.6) is 0 Å². The van der Waals surface area contributed by atoms with Crippen LogP contribution >= 0.6 is 11.6 Å². The maximum absolute atomic E-state index is 12.2. The first-order chi connectivity index (χ1) is 7.54. The Morgan fingerprint density at radius 2 is 2.31 bits per heavy atom. The van der Waals surface area contributed by atoms with Crippen LogP contribution in [0.2, 0.25) is 0 Å². The van der Waals surface area contributed by atoms with Gasteiger partial charge in [-0.3, -0.25) is 4.79 Å². The summed E-state index contributed by atoms with van der Waals surface area (Å²) in [4.78, 5) is 14.0. The molecule has 1 aromatic heterocycles. The Balaban J connectivity index is 2.12. The van der Waals surface area contributed by atoms with Gasteiger partial charge in [0.1, 0.15) is 6.33 Å². The molecule has 88 valence electrons. The van der Waals surface area contributed by atoms with E-state index in [0.29, 0.717) is 19.0 Å². The van der Waals surface area contributed by atoms with Gasteiger partial charge in [0.25, 0.3) is 0 Å². The smallest absolute Gasteiger partial charge is 0.229 e. The van der Waals surface area contributed by atoms with E-state index in [4.69, 9.17) is 11.6 Å². The van der Waals surface area contributed by atoms with Crippen LogP contribution in [0.1, 0.15) is 19.7 Å². The number of nitrogens with zero attached hydrogens (tertiary/aromatic N) is 4. The lowest BCUT2D eigenvalue weighted by atomic mass is 9.94. The molecule has 1 aromatic rings. The number of alkyl halides is 1. The molecule has 0 atom stereocenters. The molecule has 2 rings (SSSR count). The lowest BCUT2D eigenvalue weighted by molar-refractivity contribution is -0.140. The molecule has 0 N–H and O–H groups in total. The van der Waals surface area contributed by atoms with Crippen molar-refractivity contribution in [1.29, 1.82) is 0 Å². The van der Waals surface area contributed by atoms with Crippen molar-refractivity contribution in [2.75, 3.05) is 12.4 Å². The Bertz CT molecular complexity index is 401. The molecular formula is C10H15ClN4O. The van der Waals surface area contributed by atoms with Gasteiger partial charge < -0.3 is 9.47 Å². The molecule has 16 heavy (non-hydrogen) atoms. The molecule has 0 saturated heterocycles. The molecule has 5 nitrogen and oxygen atoms in total. The fourth-order valence-corrected chi connectivity index (χ4v) is 1.84. The lowest BCUT2D eigenvalue weighted by Gasteiger charge is -2.33. The van der Waals surface area contributed by atoms with Gasteiger partial charge in [0, 0.05) is 19.0 Å². The number of carbonyl (C=O) groups is 1. The quantitative estimate of drug-likeness (QED) is 0.724. The first-order valence-corrected chi connectivity index (χ1v) is 5.80. The van der Waals surface area contributed by atoms with Crippen LogP contribution in [0.4, 0.5) is 0 Å². The average molecular weight is 243 g/mol. The number of carbonyl (C=O) groups excluding carboxylic acids is 1. The van der Waals surface area contributed by atoms with Crippen molar-refractivity contribution >= 4 is 17.5 Å². The van der Waals surface area contributed by atoms with E-state index in [1.54, 1.807) is 11.2 Å². The van der Waals surface area contributed by atoms with Crippen molar-refractivity contribution in [3.63, 3.8) is 0 Å². The standard InChI is InChI=1S/C10H15ClN4O/c1-10(2,6-11)9(16)14-3-4-15-7-12-13-8(15)5-14/h7H,3-6H2,1-2H3. The SMILES string of the molecule is CC(C)(CCl)C(=O)N1CCn2cnnc2C1. The zero-order chi connectivity index (χ0) is 11.8. The normalized spacial score (nSPS) is 16.1. The molecule has 0 radical (unpaired) electrons. The molecule has 0 unspecified atom stereocenters. The molecular weight excluding hydrogens is 228 g/mol. The van der Waals surface area contributed by atoms with Gasteiger partial charge >= 0.3 is 0 Å². The highest BCUT2D eigenvalue weighted by Crippen LogP contribution is 2.23. The molecule has 0 aromatic carbocycles. The number of hydrogen-bond donors (Lipinski definition) is 0. The van der Waals surface area contributed by atoms with Crippen LogP contribution < -0.4 is 0 Å². The summed E-state index contributed by atoms with van der Waals surface area (Å²) >= 11 is 5.81. The van der Waals surface area contributed by atoms with Crippen LogP contribution in [-0.4, -0.2) is 38.0 Å². The Kier molecular flexibility index (Phi) is 2.88. The van der Waals surface area contributed by atoms with Crippen molar-refractivity contribution in [3.05, 3.63) is 12.2 Å². The van der Waals surface area contributed by atoms with Crippen LogP contribution in [-0.2, 0) is 17.9 Å². The topological polar surface area (TPSA) is 51.0 Å². The second kappa shape index (κ2) is 4.05. The summed E-state index contributed by atoms with van der Waals surface area (Å²) in [5, 5.41) is 7.81. The summed E-state index contributed by atoms with van der Waals surface area (Å²) in [7, 11) is 0. The highest BCUT2D eigenvalue weighted by Gasteiger charge is 2.33. The first-order valence-electron chi connectivity index (χ1n) is 5.26. The van der Waals surface area contributed by atoms with E-state index < -0.39 is 5.41 Å². The van der Waals surface area contributed by atoms with Crippen molar-refractivity contribution in [3.8, 4) is 0 Å². The highest BCUT2D eigenvalue weighted by atomic mass is 35.5. The number of amides is 1. The van der Waals surface area contributed by atoms with Crippen molar-refractivity contribution in [2.45, 2.75) is 26.9 Å². The maximum Gasteiger partial charge on any atom is 0.229 e. The average Bonchev–Trinajstić information content (AvgIpc) is 2.74. The van der Waals surface area contributed by atoms with E-state index in [0.717, 1.165) is 12.4 Å². The van der Waals surface area contributed by atoms with E-state index in [2.05, 4.69) is 10.2 Å². The third-order valence-electron chi connectivity index (χ3n) is 2.84. The summed E-state index contributed by atoms with van der Waals surface area (Å²) in [5.74, 6) is 1.25. The lowest BCUT2D eigenvalue weighted by Crippen LogP contribution is -2.45. The molecule has 1 amide bonds. The molecule has 0 saturated carbocycles. The Hall–Kier alpha value is -1.10. The fourth-order valence-electron chi connectivity index (χ4n) is 1.72. The van der Waals surface area contributed by atoms with Gasteiger partial charge in [-0.05, 0) is 13.8 Å². The van der Waals surface area contributed by atoms with Crippen molar-refractivity contribution in [1.82, 2.24) is 19.7 Å². The third kappa shape index (κ3) is 1.91. The predicted octanol–water partition coefficient (Wildman–Crippen LogP) is 0.885. The second-order valence-corrected chi connectivity index (χ2v) is 4.95. The zero-order valence-corrected chi connectivity index (χ0v) is 10.2. The van der Waals surface area contributed by atoms with Crippen molar-refractivity contribution < 1.29 is 4.79 Å². The molecule has 0 bridgehead atoms.